The Morgan fingerprint density at radius 3 is 1.81 bits per heavy atom. The normalized spacial score (nSPS) is 15.8. The molecule has 1 aliphatic heterocycles. The van der Waals surface area contributed by atoms with E-state index in [9.17, 15) is 9.32 Å². The zero-order chi connectivity index (χ0) is 33.2. The molecule has 0 aliphatic carbocycles. The van der Waals surface area contributed by atoms with Gasteiger partial charge in [-0.1, -0.05) is 114 Å². The lowest BCUT2D eigenvalue weighted by molar-refractivity contribution is 0.321. The third-order valence-corrected chi connectivity index (χ3v) is 11.4. The van der Waals surface area contributed by atoms with Gasteiger partial charge in [0.15, 0.2) is 0 Å². The van der Waals surface area contributed by atoms with Gasteiger partial charge in [0.05, 0.1) is 49.9 Å². The zero-order valence-electron chi connectivity index (χ0n) is 26.8. The fourth-order valence-electron chi connectivity index (χ4n) is 6.59. The van der Waals surface area contributed by atoms with Gasteiger partial charge >= 0.3 is 0 Å². The van der Waals surface area contributed by atoms with E-state index in [4.69, 9.17) is 28.3 Å². The Morgan fingerprint density at radius 2 is 1.32 bits per heavy atom. The minimum atomic E-state index is -1.36. The van der Waals surface area contributed by atoms with E-state index in [1.165, 1.54) is 6.07 Å². The third-order valence-electron chi connectivity index (χ3n) is 9.06. The number of rotatable bonds is 9. The van der Waals surface area contributed by atoms with Crippen molar-refractivity contribution in [2.75, 3.05) is 18.0 Å². The van der Waals surface area contributed by atoms with Crippen LogP contribution in [0.2, 0.25) is 10.0 Å². The van der Waals surface area contributed by atoms with Crippen LogP contribution in [-0.4, -0.2) is 36.9 Å². The highest BCUT2D eigenvalue weighted by Gasteiger charge is 2.40. The van der Waals surface area contributed by atoms with Crippen LogP contribution < -0.4 is 9.62 Å². The summed E-state index contributed by atoms with van der Waals surface area (Å²) in [4.78, 5) is 2.36. The van der Waals surface area contributed by atoms with E-state index in [0.717, 1.165) is 48.3 Å². The molecule has 2 atom stereocenters. The first-order valence-corrected chi connectivity index (χ1v) is 17.8. The molecule has 2 heterocycles. The highest BCUT2D eigenvalue weighted by atomic mass is 35.5. The third kappa shape index (κ3) is 6.72. The van der Waals surface area contributed by atoms with E-state index >= 15 is 0 Å². The van der Waals surface area contributed by atoms with Crippen molar-refractivity contribution in [3.8, 4) is 5.75 Å². The van der Waals surface area contributed by atoms with Crippen LogP contribution in [-0.2, 0) is 16.5 Å². The van der Waals surface area contributed by atoms with Gasteiger partial charge in [-0.15, -0.1) is 0 Å². The van der Waals surface area contributed by atoms with Crippen LogP contribution in [0.25, 0.3) is 0 Å². The summed E-state index contributed by atoms with van der Waals surface area (Å²) in [6, 6.07) is 34.4. The molecule has 1 fully saturated rings. The quantitative estimate of drug-likeness (QED) is 0.152. The smallest absolute Gasteiger partial charge is 0.138 e. The van der Waals surface area contributed by atoms with Crippen molar-refractivity contribution in [2.24, 2.45) is 5.92 Å². The van der Waals surface area contributed by atoms with Crippen LogP contribution in [0.15, 0.2) is 116 Å². The Balaban J connectivity index is 1.32. The van der Waals surface area contributed by atoms with Gasteiger partial charge in [-0.25, -0.2) is 8.93 Å². The molecule has 9 heteroatoms. The SMILES string of the molecule is CC(C)(C)[S@](=O)N[C@@H](c1cc(Cl)c(Cl)cc1O)C1CCN(c2cnn(C(c3ccccc3)(c3ccccc3)c3ccccc3)c2)CC1. The monoisotopic (exact) mass is 686 g/mol. The van der Waals surface area contributed by atoms with E-state index in [1.807, 2.05) is 45.2 Å². The first-order valence-electron chi connectivity index (χ1n) is 15.9. The minimum Gasteiger partial charge on any atom is -0.508 e. The van der Waals surface area contributed by atoms with Gasteiger partial charge in [-0.2, -0.15) is 5.10 Å². The summed E-state index contributed by atoms with van der Waals surface area (Å²) in [5, 5.41) is 16.6. The minimum absolute atomic E-state index is 0.0468. The van der Waals surface area contributed by atoms with Crippen LogP contribution >= 0.6 is 23.2 Å². The molecule has 47 heavy (non-hydrogen) atoms. The van der Waals surface area contributed by atoms with Crippen molar-refractivity contribution in [2.45, 2.75) is 49.9 Å². The highest BCUT2D eigenvalue weighted by Crippen LogP contribution is 2.43. The topological polar surface area (TPSA) is 70.4 Å². The molecule has 0 spiro atoms. The Bertz CT molecular complexity index is 1720. The van der Waals surface area contributed by atoms with E-state index in [2.05, 4.69) is 93.3 Å². The molecule has 244 valence electrons. The lowest BCUT2D eigenvalue weighted by atomic mass is 9.77. The molecule has 4 aromatic carbocycles. The summed E-state index contributed by atoms with van der Waals surface area (Å²) in [5.41, 5.74) is 4.32. The number of hydrogen-bond acceptors (Lipinski definition) is 4. The first-order chi connectivity index (χ1) is 22.6. The second-order valence-electron chi connectivity index (χ2n) is 13.1. The number of piperidine rings is 1. The number of aromatic hydroxyl groups is 1. The number of aromatic nitrogens is 2. The van der Waals surface area contributed by atoms with Crippen LogP contribution in [0, 0.1) is 5.92 Å². The second-order valence-corrected chi connectivity index (χ2v) is 15.9. The fraction of sp³-hybridized carbons (Fsp3) is 0.289. The Kier molecular flexibility index (Phi) is 9.81. The summed E-state index contributed by atoms with van der Waals surface area (Å²) in [6.45, 7) is 7.34. The molecule has 0 amide bonds. The van der Waals surface area contributed by atoms with Gasteiger partial charge < -0.3 is 10.0 Å². The van der Waals surface area contributed by atoms with Gasteiger partial charge in [-0.05, 0) is 62.3 Å². The van der Waals surface area contributed by atoms with Crippen molar-refractivity contribution in [3.05, 3.63) is 148 Å². The number of anilines is 1. The molecule has 1 aromatic heterocycles. The number of halogens is 2. The molecule has 0 bridgehead atoms. The maximum Gasteiger partial charge on any atom is 0.138 e. The fourth-order valence-corrected chi connectivity index (χ4v) is 7.83. The summed E-state index contributed by atoms with van der Waals surface area (Å²) >= 11 is 12.6. The zero-order valence-corrected chi connectivity index (χ0v) is 29.1. The maximum absolute atomic E-state index is 13.3. The summed E-state index contributed by atoms with van der Waals surface area (Å²) in [7, 11) is -1.36. The van der Waals surface area contributed by atoms with E-state index in [-0.39, 0.29) is 22.7 Å². The molecule has 1 saturated heterocycles. The van der Waals surface area contributed by atoms with Crippen molar-refractivity contribution >= 4 is 39.9 Å². The van der Waals surface area contributed by atoms with Gasteiger partial charge in [0.25, 0.3) is 0 Å². The van der Waals surface area contributed by atoms with Crippen LogP contribution in [0.4, 0.5) is 5.69 Å². The van der Waals surface area contributed by atoms with Crippen LogP contribution in [0.5, 0.6) is 5.75 Å². The van der Waals surface area contributed by atoms with Crippen LogP contribution in [0.1, 0.15) is 61.9 Å². The predicted molar refractivity (Wildman–Crippen MR) is 194 cm³/mol. The van der Waals surface area contributed by atoms with Crippen molar-refractivity contribution < 1.29 is 9.32 Å². The standard InChI is InChI=1S/C38H40Cl2N4O2S/c1-37(2,3)47(46)42-36(32-23-33(39)34(40)24-35(32)45)27-19-21-43(22-20-27)31-25-41-44(26-31)38(28-13-7-4-8-14-28,29-15-9-5-10-16-29)30-17-11-6-12-18-30/h4-18,23-27,36,42,45H,19-22H2,1-3H3/t36-,47+/m1/s1. The number of benzene rings is 4. The lowest BCUT2D eigenvalue weighted by Gasteiger charge is -2.38. The van der Waals surface area contributed by atoms with E-state index in [1.54, 1.807) is 6.07 Å². The average Bonchev–Trinajstić information content (AvgIpc) is 3.57. The number of nitrogens with zero attached hydrogens (tertiary/aromatic N) is 3. The lowest BCUT2D eigenvalue weighted by Crippen LogP contribution is -2.42. The first kappa shape index (κ1) is 33.3. The molecule has 0 unspecified atom stereocenters. The number of nitrogens with one attached hydrogen (secondary N) is 1. The van der Waals surface area contributed by atoms with Crippen molar-refractivity contribution in [1.82, 2.24) is 14.5 Å². The molecule has 5 aromatic rings. The summed E-state index contributed by atoms with van der Waals surface area (Å²) in [5.74, 6) is 0.151. The highest BCUT2D eigenvalue weighted by molar-refractivity contribution is 7.84. The molecular formula is C38H40Cl2N4O2S. The van der Waals surface area contributed by atoms with Gasteiger partial charge in [0, 0.05) is 24.7 Å². The van der Waals surface area contributed by atoms with E-state index in [0.29, 0.717) is 10.6 Å². The van der Waals surface area contributed by atoms with Gasteiger partial charge in [0.1, 0.15) is 11.3 Å². The molecule has 6 rings (SSSR count). The number of phenols is 1. The molecule has 0 radical (unpaired) electrons. The second kappa shape index (κ2) is 13.9. The summed E-state index contributed by atoms with van der Waals surface area (Å²) in [6.07, 6.45) is 5.73. The molecule has 6 nitrogen and oxygen atoms in total. The average molecular weight is 688 g/mol. The Labute approximate surface area is 289 Å². The Morgan fingerprint density at radius 1 is 0.830 bits per heavy atom. The largest absolute Gasteiger partial charge is 0.508 e. The molecule has 2 N–H and O–H groups in total. The molecule has 1 aliphatic rings. The predicted octanol–water partition coefficient (Wildman–Crippen LogP) is 8.75. The van der Waals surface area contributed by atoms with Gasteiger partial charge in [-0.3, -0.25) is 4.68 Å². The van der Waals surface area contributed by atoms with Gasteiger partial charge in [0.2, 0.25) is 0 Å². The Hall–Kier alpha value is -3.62. The number of hydrogen-bond donors (Lipinski definition) is 2. The summed E-state index contributed by atoms with van der Waals surface area (Å²) < 4.78 is 18.3. The maximum atomic E-state index is 13.3. The van der Waals surface area contributed by atoms with E-state index < -0.39 is 21.3 Å². The molecule has 0 saturated carbocycles. The number of phenolic OH excluding ortho intramolecular Hbond substituents is 1. The van der Waals surface area contributed by atoms with Crippen LogP contribution in [0.3, 0.4) is 0 Å². The molecular weight excluding hydrogens is 647 g/mol. The van der Waals surface area contributed by atoms with Crippen molar-refractivity contribution in [1.29, 1.82) is 0 Å². The van der Waals surface area contributed by atoms with Crippen molar-refractivity contribution in [3.63, 3.8) is 0 Å².